The number of carbonyl (C=O) groups is 1. The van der Waals surface area contributed by atoms with Gasteiger partial charge in [-0.3, -0.25) is 4.18 Å². The van der Waals surface area contributed by atoms with Crippen LogP contribution in [0.1, 0.15) is 20.8 Å². The molecule has 3 nitrogen and oxygen atoms in total. The fourth-order valence-electron chi connectivity index (χ4n) is 2.87. The van der Waals surface area contributed by atoms with Gasteiger partial charge in [0.15, 0.2) is 6.61 Å². The molecule has 0 aliphatic carbocycles. The molecule has 3 aromatic carbocycles. The lowest BCUT2D eigenvalue weighted by Crippen LogP contribution is -2.25. The van der Waals surface area contributed by atoms with Crippen molar-refractivity contribution in [3.8, 4) is 22.3 Å². The fraction of sp³-hybridized carbons (Fsp3) is 0.208. The lowest BCUT2D eigenvalue weighted by atomic mass is 9.94. The first-order valence-electron chi connectivity index (χ1n) is 9.19. The van der Waals surface area contributed by atoms with Crippen LogP contribution in [0.25, 0.3) is 22.3 Å². The maximum Gasteiger partial charge on any atom is 0.333 e. The van der Waals surface area contributed by atoms with Gasteiger partial charge in [0.1, 0.15) is 5.60 Å². The Hall–Kier alpha value is -2.56. The SMILES string of the molecule is CC(C)(C)OC(=O)COSc1cccc(-c2ccccc2)c1-c1ccccc1. The predicted molar refractivity (Wildman–Crippen MR) is 115 cm³/mol. The molecule has 0 amide bonds. The maximum atomic E-state index is 11.9. The summed E-state index contributed by atoms with van der Waals surface area (Å²) < 4.78 is 10.9. The Morgan fingerprint density at radius 2 is 1.43 bits per heavy atom. The number of ether oxygens (including phenoxy) is 1. The predicted octanol–water partition coefficient (Wildman–Crippen LogP) is 6.39. The van der Waals surface area contributed by atoms with Crippen LogP contribution in [0.2, 0.25) is 0 Å². The van der Waals surface area contributed by atoms with E-state index < -0.39 is 5.60 Å². The minimum absolute atomic E-state index is 0.105. The molecule has 28 heavy (non-hydrogen) atoms. The Labute approximate surface area is 170 Å². The minimum atomic E-state index is -0.520. The van der Waals surface area contributed by atoms with E-state index in [1.807, 2.05) is 69.3 Å². The highest BCUT2D eigenvalue weighted by Crippen LogP contribution is 2.39. The zero-order valence-electron chi connectivity index (χ0n) is 16.3. The number of hydrogen-bond donors (Lipinski definition) is 0. The summed E-state index contributed by atoms with van der Waals surface area (Å²) in [6, 6.07) is 26.6. The van der Waals surface area contributed by atoms with Crippen molar-refractivity contribution >= 4 is 18.0 Å². The monoisotopic (exact) mass is 392 g/mol. The average Bonchev–Trinajstić information content (AvgIpc) is 2.68. The lowest BCUT2D eigenvalue weighted by molar-refractivity contribution is -0.156. The molecule has 0 bridgehead atoms. The van der Waals surface area contributed by atoms with E-state index in [9.17, 15) is 4.79 Å². The third kappa shape index (κ3) is 5.47. The van der Waals surface area contributed by atoms with Gasteiger partial charge in [0.05, 0.1) is 0 Å². The summed E-state index contributed by atoms with van der Waals surface area (Å²) in [6.45, 7) is 5.42. The molecule has 0 aromatic heterocycles. The summed E-state index contributed by atoms with van der Waals surface area (Å²) in [7, 11) is 0. The smallest absolute Gasteiger partial charge is 0.333 e. The third-order valence-corrected chi connectivity index (χ3v) is 4.67. The van der Waals surface area contributed by atoms with Crippen molar-refractivity contribution in [2.45, 2.75) is 31.3 Å². The van der Waals surface area contributed by atoms with Gasteiger partial charge in [0, 0.05) is 22.5 Å². The zero-order chi connectivity index (χ0) is 20.0. The first-order chi connectivity index (χ1) is 13.4. The molecule has 0 aliphatic heterocycles. The highest BCUT2D eigenvalue weighted by molar-refractivity contribution is 7.94. The first-order valence-corrected chi connectivity index (χ1v) is 9.93. The van der Waals surface area contributed by atoms with Crippen molar-refractivity contribution < 1.29 is 13.7 Å². The molecule has 3 aromatic rings. The highest BCUT2D eigenvalue weighted by atomic mass is 32.2. The van der Waals surface area contributed by atoms with Gasteiger partial charge >= 0.3 is 5.97 Å². The molecule has 0 heterocycles. The van der Waals surface area contributed by atoms with Crippen LogP contribution in [-0.4, -0.2) is 18.2 Å². The quantitative estimate of drug-likeness (QED) is 0.360. The van der Waals surface area contributed by atoms with Crippen molar-refractivity contribution in [3.63, 3.8) is 0 Å². The summed E-state index contributed by atoms with van der Waals surface area (Å²) in [4.78, 5) is 12.9. The molecule has 0 N–H and O–H groups in total. The molecule has 144 valence electrons. The highest BCUT2D eigenvalue weighted by Gasteiger charge is 2.18. The Morgan fingerprint density at radius 3 is 2.04 bits per heavy atom. The van der Waals surface area contributed by atoms with Crippen molar-refractivity contribution in [2.75, 3.05) is 6.61 Å². The molecule has 0 aliphatic rings. The van der Waals surface area contributed by atoms with Gasteiger partial charge < -0.3 is 4.74 Å². The normalized spacial score (nSPS) is 11.2. The van der Waals surface area contributed by atoms with Crippen LogP contribution >= 0.6 is 12.0 Å². The molecule has 0 atom stereocenters. The van der Waals surface area contributed by atoms with Crippen LogP contribution in [0, 0.1) is 0 Å². The number of benzene rings is 3. The zero-order valence-corrected chi connectivity index (χ0v) is 17.2. The van der Waals surface area contributed by atoms with Crippen LogP contribution in [0.3, 0.4) is 0 Å². The second kappa shape index (κ2) is 9.09. The van der Waals surface area contributed by atoms with E-state index in [2.05, 4.69) is 30.3 Å². The fourth-order valence-corrected chi connectivity index (χ4v) is 3.60. The second-order valence-electron chi connectivity index (χ2n) is 7.34. The average molecular weight is 393 g/mol. The van der Waals surface area contributed by atoms with Crippen molar-refractivity contribution in [2.24, 2.45) is 0 Å². The van der Waals surface area contributed by atoms with E-state index in [0.717, 1.165) is 27.1 Å². The Bertz CT molecular complexity index is 916. The van der Waals surface area contributed by atoms with Gasteiger partial charge in [-0.15, -0.1) is 0 Å². The topological polar surface area (TPSA) is 35.5 Å². The van der Waals surface area contributed by atoms with E-state index >= 15 is 0 Å². The number of carbonyl (C=O) groups excluding carboxylic acids is 1. The molecule has 0 spiro atoms. The third-order valence-electron chi connectivity index (χ3n) is 3.92. The number of esters is 1. The van der Waals surface area contributed by atoms with Gasteiger partial charge in [-0.25, -0.2) is 4.79 Å². The van der Waals surface area contributed by atoms with E-state index in [4.69, 9.17) is 8.92 Å². The lowest BCUT2D eigenvalue weighted by Gasteiger charge is -2.19. The summed E-state index contributed by atoms with van der Waals surface area (Å²) in [6.07, 6.45) is 0. The molecule has 0 radical (unpaired) electrons. The standard InChI is InChI=1S/C24H24O3S/c1-24(2,3)27-22(25)17-26-28-21-16-10-15-20(18-11-6-4-7-12-18)23(21)19-13-8-5-9-14-19/h4-16H,17H2,1-3H3. The Kier molecular flexibility index (Phi) is 6.55. The molecule has 4 heteroatoms. The Balaban J connectivity index is 1.88. The van der Waals surface area contributed by atoms with Crippen LogP contribution in [0.5, 0.6) is 0 Å². The van der Waals surface area contributed by atoms with Crippen molar-refractivity contribution in [1.82, 2.24) is 0 Å². The van der Waals surface area contributed by atoms with Gasteiger partial charge in [0.25, 0.3) is 0 Å². The van der Waals surface area contributed by atoms with Crippen LogP contribution in [0.4, 0.5) is 0 Å². The first kappa shape index (κ1) is 20.2. The molecule has 0 fully saturated rings. The summed E-state index contributed by atoms with van der Waals surface area (Å²) in [5.41, 5.74) is 3.93. The van der Waals surface area contributed by atoms with Crippen molar-refractivity contribution in [1.29, 1.82) is 0 Å². The molecule has 3 rings (SSSR count). The van der Waals surface area contributed by atoms with Crippen LogP contribution < -0.4 is 0 Å². The largest absolute Gasteiger partial charge is 0.458 e. The van der Waals surface area contributed by atoms with E-state index in [-0.39, 0.29) is 12.6 Å². The molecule has 0 saturated carbocycles. The summed E-state index contributed by atoms with van der Waals surface area (Å²) >= 11 is 1.20. The van der Waals surface area contributed by atoms with Gasteiger partial charge in [-0.2, -0.15) is 0 Å². The maximum absolute atomic E-state index is 11.9. The molecular weight excluding hydrogens is 368 g/mol. The van der Waals surface area contributed by atoms with Gasteiger partial charge in [-0.1, -0.05) is 72.8 Å². The van der Waals surface area contributed by atoms with Gasteiger partial charge in [-0.05, 0) is 43.5 Å². The Morgan fingerprint density at radius 1 is 0.821 bits per heavy atom. The van der Waals surface area contributed by atoms with Crippen LogP contribution in [-0.2, 0) is 13.7 Å². The van der Waals surface area contributed by atoms with E-state index in [0.29, 0.717) is 0 Å². The molecule has 0 unspecified atom stereocenters. The molecular formula is C24H24O3S. The van der Waals surface area contributed by atoms with Crippen molar-refractivity contribution in [3.05, 3.63) is 78.9 Å². The van der Waals surface area contributed by atoms with Gasteiger partial charge in [0.2, 0.25) is 0 Å². The number of rotatable bonds is 6. The summed E-state index contributed by atoms with van der Waals surface area (Å²) in [5, 5.41) is 0. The van der Waals surface area contributed by atoms with Crippen LogP contribution in [0.15, 0.2) is 83.8 Å². The summed E-state index contributed by atoms with van der Waals surface area (Å²) in [5.74, 6) is -0.375. The minimum Gasteiger partial charge on any atom is -0.458 e. The second-order valence-corrected chi connectivity index (χ2v) is 8.18. The molecule has 0 saturated heterocycles. The van der Waals surface area contributed by atoms with E-state index in [1.54, 1.807) is 0 Å². The number of hydrogen-bond acceptors (Lipinski definition) is 4. The van der Waals surface area contributed by atoms with E-state index in [1.165, 1.54) is 12.0 Å².